The Morgan fingerprint density at radius 2 is 1.86 bits per heavy atom. The third kappa shape index (κ3) is 6.13. The van der Waals surface area contributed by atoms with Crippen molar-refractivity contribution in [1.29, 1.82) is 0 Å². The van der Waals surface area contributed by atoms with Gasteiger partial charge in [0.15, 0.2) is 0 Å². The van der Waals surface area contributed by atoms with E-state index in [1.165, 1.54) is 25.8 Å². The highest BCUT2D eigenvalue weighted by molar-refractivity contribution is 7.10. The molecular weight excluding hydrogens is 384 g/mol. The molecule has 0 saturated carbocycles. The van der Waals surface area contributed by atoms with Crippen LogP contribution in [0.15, 0.2) is 41.8 Å². The number of nitrogens with one attached hydrogen (secondary N) is 4. The van der Waals surface area contributed by atoms with Crippen LogP contribution in [0.25, 0.3) is 0 Å². The normalized spacial score (nSPS) is 16.9. The lowest BCUT2D eigenvalue weighted by Crippen LogP contribution is -3.12. The van der Waals surface area contributed by atoms with Crippen LogP contribution in [-0.4, -0.2) is 52.1 Å². The maximum absolute atomic E-state index is 12.3. The molecular formula is C22H32N4O2S+2. The fourth-order valence-corrected chi connectivity index (χ4v) is 4.72. The Morgan fingerprint density at radius 1 is 1.10 bits per heavy atom. The van der Waals surface area contributed by atoms with E-state index in [2.05, 4.69) is 60.4 Å². The number of carbonyl (C=O) groups excluding carboxylic acids is 2. The molecule has 1 aromatic carbocycles. The summed E-state index contributed by atoms with van der Waals surface area (Å²) in [6, 6.07) is 12.9. The van der Waals surface area contributed by atoms with E-state index in [0.29, 0.717) is 13.1 Å². The van der Waals surface area contributed by atoms with Gasteiger partial charge in [-0.15, -0.1) is 11.3 Å². The van der Waals surface area contributed by atoms with E-state index >= 15 is 0 Å². The van der Waals surface area contributed by atoms with E-state index in [9.17, 15) is 9.59 Å². The molecule has 0 bridgehead atoms. The zero-order chi connectivity index (χ0) is 20.6. The number of rotatable bonds is 8. The predicted octanol–water partition coefficient (Wildman–Crippen LogP) is -0.803. The Morgan fingerprint density at radius 3 is 2.59 bits per heavy atom. The van der Waals surface area contributed by atoms with Crippen molar-refractivity contribution < 1.29 is 19.4 Å². The molecule has 0 aliphatic carbocycles. The number of amides is 2. The average Bonchev–Trinajstić information content (AvgIpc) is 3.25. The van der Waals surface area contributed by atoms with Crippen LogP contribution in [-0.2, 0) is 22.6 Å². The lowest BCUT2D eigenvalue weighted by molar-refractivity contribution is -0.945. The van der Waals surface area contributed by atoms with Crippen molar-refractivity contribution in [3.8, 4) is 0 Å². The van der Waals surface area contributed by atoms with Crippen LogP contribution in [0.5, 0.6) is 0 Å². The summed E-state index contributed by atoms with van der Waals surface area (Å²) < 4.78 is 0. The molecule has 1 aliphatic heterocycles. The minimum Gasteiger partial charge on any atom is -0.348 e. The highest BCUT2D eigenvalue weighted by Gasteiger charge is 2.30. The van der Waals surface area contributed by atoms with E-state index < -0.39 is 11.8 Å². The molecule has 7 heteroatoms. The number of fused-ring (bicyclic) bond motifs is 1. The Labute approximate surface area is 176 Å². The van der Waals surface area contributed by atoms with Gasteiger partial charge in [0.05, 0.1) is 38.6 Å². The lowest BCUT2D eigenvalue weighted by atomic mass is 9.98. The number of quaternary nitrogens is 2. The molecule has 6 nitrogen and oxygen atoms in total. The Hall–Kier alpha value is -2.22. The number of hydrogen-bond acceptors (Lipinski definition) is 3. The van der Waals surface area contributed by atoms with Gasteiger partial charge in [-0.3, -0.25) is 9.59 Å². The van der Waals surface area contributed by atoms with Gasteiger partial charge in [0.2, 0.25) is 0 Å². The third-order valence-corrected chi connectivity index (χ3v) is 6.43. The van der Waals surface area contributed by atoms with Crippen molar-refractivity contribution in [3.63, 3.8) is 0 Å². The van der Waals surface area contributed by atoms with E-state index in [1.54, 1.807) is 11.3 Å². The van der Waals surface area contributed by atoms with Crippen molar-refractivity contribution in [1.82, 2.24) is 10.6 Å². The minimum atomic E-state index is -0.541. The van der Waals surface area contributed by atoms with E-state index in [0.717, 1.165) is 32.5 Å². The largest absolute Gasteiger partial charge is 0.348 e. The van der Waals surface area contributed by atoms with Crippen molar-refractivity contribution in [3.05, 3.63) is 57.8 Å². The number of carbonyl (C=O) groups is 2. The van der Waals surface area contributed by atoms with E-state index in [-0.39, 0.29) is 6.04 Å². The van der Waals surface area contributed by atoms with Crippen LogP contribution in [0.2, 0.25) is 0 Å². The quantitative estimate of drug-likeness (QED) is 0.336. The topological polar surface area (TPSA) is 67.1 Å². The zero-order valence-corrected chi connectivity index (χ0v) is 18.1. The molecule has 3 rings (SSSR count). The van der Waals surface area contributed by atoms with Crippen LogP contribution in [0.4, 0.5) is 0 Å². The van der Waals surface area contributed by atoms with Crippen LogP contribution < -0.4 is 20.4 Å². The molecule has 0 radical (unpaired) electrons. The third-order valence-electron chi connectivity index (χ3n) is 5.44. The summed E-state index contributed by atoms with van der Waals surface area (Å²) in [5, 5.41) is 7.66. The van der Waals surface area contributed by atoms with Gasteiger partial charge in [-0.1, -0.05) is 30.3 Å². The first-order valence-electron chi connectivity index (χ1n) is 10.3. The van der Waals surface area contributed by atoms with Crippen LogP contribution in [0.3, 0.4) is 0 Å². The number of thiophene rings is 1. The second-order valence-electron chi connectivity index (χ2n) is 7.95. The molecule has 0 saturated heterocycles. The maximum atomic E-state index is 12.3. The highest BCUT2D eigenvalue weighted by atomic mass is 32.1. The van der Waals surface area contributed by atoms with Crippen molar-refractivity contribution in [2.45, 2.75) is 25.4 Å². The van der Waals surface area contributed by atoms with Gasteiger partial charge in [0, 0.05) is 24.9 Å². The summed E-state index contributed by atoms with van der Waals surface area (Å²) in [6.45, 7) is 3.91. The fraction of sp³-hybridized carbons (Fsp3) is 0.455. The summed E-state index contributed by atoms with van der Waals surface area (Å²) in [5.41, 5.74) is 2.80. The summed E-state index contributed by atoms with van der Waals surface area (Å²) in [7, 11) is 4.14. The summed E-state index contributed by atoms with van der Waals surface area (Å²) in [4.78, 5) is 28.4. The molecule has 2 atom stereocenters. The second kappa shape index (κ2) is 10.5. The smallest absolute Gasteiger partial charge is 0.309 e. The standard InChI is InChI=1S/C22H30N4O2S/c1-25(2)12-6-11-23-21(27)22(28)24-15-19(20-9-5-14-29-20)26-13-10-17-7-3-4-8-18(17)16-26/h3-5,7-9,14,19H,6,10-13,15-16H2,1-2H3,(H,23,27)(H,24,28)/p+2/t19-/m0/s1. The Kier molecular flexibility index (Phi) is 7.80. The molecule has 2 aromatic rings. The molecule has 1 unspecified atom stereocenters. The van der Waals surface area contributed by atoms with Gasteiger partial charge in [-0.05, 0) is 17.0 Å². The highest BCUT2D eigenvalue weighted by Crippen LogP contribution is 2.18. The lowest BCUT2D eigenvalue weighted by Gasteiger charge is -2.32. The SMILES string of the molecule is C[NH+](C)CCCNC(=O)C(=O)NC[C@@H](c1cccs1)[NH+]1CCc2ccccc2C1. The van der Waals surface area contributed by atoms with Gasteiger partial charge < -0.3 is 20.4 Å². The minimum absolute atomic E-state index is 0.150. The maximum Gasteiger partial charge on any atom is 0.309 e. The number of benzene rings is 1. The van der Waals surface area contributed by atoms with E-state index in [4.69, 9.17) is 0 Å². The monoisotopic (exact) mass is 416 g/mol. The molecule has 2 heterocycles. The van der Waals surface area contributed by atoms with Crippen LogP contribution in [0.1, 0.15) is 28.5 Å². The molecule has 2 amide bonds. The molecule has 29 heavy (non-hydrogen) atoms. The van der Waals surface area contributed by atoms with Crippen molar-refractivity contribution in [2.75, 3.05) is 40.3 Å². The van der Waals surface area contributed by atoms with Gasteiger partial charge >= 0.3 is 11.8 Å². The van der Waals surface area contributed by atoms with Gasteiger partial charge in [0.1, 0.15) is 12.6 Å². The fourth-order valence-electron chi connectivity index (χ4n) is 3.83. The van der Waals surface area contributed by atoms with Crippen LogP contribution in [0, 0.1) is 0 Å². The summed E-state index contributed by atoms with van der Waals surface area (Å²) in [6.07, 6.45) is 1.90. The first-order chi connectivity index (χ1) is 14.0. The van der Waals surface area contributed by atoms with Crippen molar-refractivity contribution >= 4 is 23.2 Å². The molecule has 0 fully saturated rings. The summed E-state index contributed by atoms with van der Waals surface area (Å²) >= 11 is 1.71. The molecule has 4 N–H and O–H groups in total. The first-order valence-corrected chi connectivity index (χ1v) is 11.2. The Bertz CT molecular complexity index is 807. The van der Waals surface area contributed by atoms with Gasteiger partial charge in [0.25, 0.3) is 0 Å². The van der Waals surface area contributed by atoms with Crippen molar-refractivity contribution in [2.24, 2.45) is 0 Å². The van der Waals surface area contributed by atoms with E-state index in [1.807, 2.05) is 6.07 Å². The Balaban J connectivity index is 1.56. The second-order valence-corrected chi connectivity index (χ2v) is 8.93. The predicted molar refractivity (Wildman–Crippen MR) is 115 cm³/mol. The van der Waals surface area contributed by atoms with Gasteiger partial charge in [-0.2, -0.15) is 0 Å². The average molecular weight is 417 g/mol. The summed E-state index contributed by atoms with van der Waals surface area (Å²) in [5.74, 6) is -1.08. The molecule has 156 valence electrons. The first kappa shape index (κ1) is 21.5. The molecule has 0 spiro atoms. The zero-order valence-electron chi connectivity index (χ0n) is 17.3. The van der Waals surface area contributed by atoms with Gasteiger partial charge in [-0.25, -0.2) is 0 Å². The molecule has 1 aliphatic rings. The van der Waals surface area contributed by atoms with Crippen LogP contribution >= 0.6 is 11.3 Å². The molecule has 1 aromatic heterocycles. The number of hydrogen-bond donors (Lipinski definition) is 4.